The Morgan fingerprint density at radius 1 is 1.22 bits per heavy atom. The second-order valence-corrected chi connectivity index (χ2v) is 4.58. The molecule has 0 aliphatic carbocycles. The number of hydrogen-bond donors (Lipinski definition) is 1. The number of aryl methyl sites for hydroxylation is 1. The zero-order chi connectivity index (χ0) is 13.4. The Bertz CT molecular complexity index is 415. The van der Waals surface area contributed by atoms with Gasteiger partial charge >= 0.3 is 0 Å². The minimum absolute atomic E-state index is 0.360. The second-order valence-electron chi connectivity index (χ2n) is 4.58. The van der Waals surface area contributed by atoms with E-state index in [1.807, 2.05) is 6.08 Å². The molecule has 0 saturated carbocycles. The van der Waals surface area contributed by atoms with Gasteiger partial charge in [0.05, 0.1) is 13.1 Å². The molecule has 0 saturated heterocycles. The molecule has 0 fully saturated rings. The fraction of sp³-hybridized carbons (Fsp3) is 0.412. The van der Waals surface area contributed by atoms with Crippen LogP contribution < -0.4 is 4.90 Å². The summed E-state index contributed by atoms with van der Waals surface area (Å²) in [6.45, 7) is 12.6. The van der Waals surface area contributed by atoms with Gasteiger partial charge in [-0.05, 0) is 38.8 Å². The molecule has 0 aromatic heterocycles. The van der Waals surface area contributed by atoms with Crippen molar-refractivity contribution in [1.82, 2.24) is 0 Å². The van der Waals surface area contributed by atoms with Crippen LogP contribution in [0.25, 0.3) is 0 Å². The van der Waals surface area contributed by atoms with E-state index >= 15 is 0 Å². The third kappa shape index (κ3) is 4.39. The van der Waals surface area contributed by atoms with Gasteiger partial charge in [-0.1, -0.05) is 29.7 Å². The van der Waals surface area contributed by atoms with Crippen molar-refractivity contribution in [2.45, 2.75) is 33.2 Å². The summed E-state index contributed by atoms with van der Waals surface area (Å²) in [4.78, 5) is 1.52. The summed E-state index contributed by atoms with van der Waals surface area (Å²) in [5.74, 6) is 6.69. The first-order chi connectivity index (χ1) is 8.71. The molecule has 1 atom stereocenters. The first-order valence-electron chi connectivity index (χ1n) is 6.74. The topological polar surface area (TPSA) is 4.44 Å². The lowest BCUT2D eigenvalue weighted by atomic mass is 10.1. The van der Waals surface area contributed by atoms with Crippen LogP contribution in [0.2, 0.25) is 0 Å². The van der Waals surface area contributed by atoms with E-state index in [0.717, 1.165) is 25.1 Å². The van der Waals surface area contributed by atoms with Crippen LogP contribution in [0.3, 0.4) is 0 Å². The van der Waals surface area contributed by atoms with Gasteiger partial charge in [-0.2, -0.15) is 0 Å². The fourth-order valence-corrected chi connectivity index (χ4v) is 2.04. The quantitative estimate of drug-likeness (QED) is 0.596. The summed E-state index contributed by atoms with van der Waals surface area (Å²) in [6.07, 6.45) is 2.93. The van der Waals surface area contributed by atoms with Crippen molar-refractivity contribution in [3.05, 3.63) is 48.0 Å². The summed E-state index contributed by atoms with van der Waals surface area (Å²) in [5, 5.41) is 0. The Hall–Kier alpha value is -1.52. The number of quaternary nitrogens is 1. The fourth-order valence-electron chi connectivity index (χ4n) is 2.04. The van der Waals surface area contributed by atoms with Gasteiger partial charge in [-0.15, -0.1) is 6.58 Å². The molecule has 1 aromatic carbocycles. The zero-order valence-corrected chi connectivity index (χ0v) is 11.8. The van der Waals surface area contributed by atoms with E-state index < -0.39 is 0 Å². The van der Waals surface area contributed by atoms with Gasteiger partial charge in [0, 0.05) is 12.0 Å². The predicted octanol–water partition coefficient (Wildman–Crippen LogP) is 2.22. The molecular weight excluding hydrogens is 218 g/mol. The first-order valence-corrected chi connectivity index (χ1v) is 6.74. The Kier molecular flexibility index (Phi) is 6.25. The van der Waals surface area contributed by atoms with Crippen LogP contribution in [-0.2, 0) is 0 Å². The molecule has 0 bridgehead atoms. The van der Waals surface area contributed by atoms with Gasteiger partial charge in [0.1, 0.15) is 0 Å². The standard InChI is InChI=1S/C17H23N/c1-5-8-17(18(6-2)7-3)14-13-16-11-9-15(4)10-12-16/h5,9-12,17H,1,6-8H2,2-4H3/p+1/t17-/m1/s1. The highest BCUT2D eigenvalue weighted by Crippen LogP contribution is 2.01. The molecule has 18 heavy (non-hydrogen) atoms. The molecule has 1 heteroatoms. The third-order valence-corrected chi connectivity index (χ3v) is 3.25. The van der Waals surface area contributed by atoms with Crippen molar-refractivity contribution in [3.63, 3.8) is 0 Å². The summed E-state index contributed by atoms with van der Waals surface area (Å²) in [5.41, 5.74) is 2.37. The van der Waals surface area contributed by atoms with Crippen LogP contribution in [-0.4, -0.2) is 19.1 Å². The molecule has 0 amide bonds. The minimum Gasteiger partial charge on any atom is -0.323 e. The van der Waals surface area contributed by atoms with Gasteiger partial charge in [0.15, 0.2) is 6.04 Å². The molecule has 0 aliphatic heterocycles. The van der Waals surface area contributed by atoms with E-state index in [9.17, 15) is 0 Å². The SMILES string of the molecule is C=CC[C@H](C#Cc1ccc(C)cc1)[NH+](CC)CC. The van der Waals surface area contributed by atoms with E-state index in [0.29, 0.717) is 6.04 Å². The van der Waals surface area contributed by atoms with E-state index in [-0.39, 0.29) is 0 Å². The Morgan fingerprint density at radius 3 is 2.33 bits per heavy atom. The van der Waals surface area contributed by atoms with E-state index in [1.165, 1.54) is 10.5 Å². The van der Waals surface area contributed by atoms with Gasteiger partial charge in [-0.3, -0.25) is 0 Å². The molecule has 0 aliphatic rings. The van der Waals surface area contributed by atoms with Crippen molar-refractivity contribution in [3.8, 4) is 11.8 Å². The number of hydrogen-bond acceptors (Lipinski definition) is 0. The molecule has 0 radical (unpaired) electrons. The molecule has 96 valence electrons. The van der Waals surface area contributed by atoms with E-state index in [4.69, 9.17) is 0 Å². The molecule has 1 N–H and O–H groups in total. The summed E-state index contributed by atoms with van der Waals surface area (Å²) < 4.78 is 0. The van der Waals surface area contributed by atoms with Crippen LogP contribution in [0.5, 0.6) is 0 Å². The molecule has 0 unspecified atom stereocenters. The molecule has 1 rings (SSSR count). The highest BCUT2D eigenvalue weighted by Gasteiger charge is 2.14. The smallest absolute Gasteiger partial charge is 0.153 e. The maximum atomic E-state index is 3.84. The molecule has 1 nitrogen and oxygen atoms in total. The lowest BCUT2D eigenvalue weighted by Gasteiger charge is -2.21. The molecule has 0 spiro atoms. The van der Waals surface area contributed by atoms with E-state index in [2.05, 4.69) is 63.5 Å². The van der Waals surface area contributed by atoms with Crippen LogP contribution in [0, 0.1) is 18.8 Å². The van der Waals surface area contributed by atoms with Crippen molar-refractivity contribution < 1.29 is 4.90 Å². The summed E-state index contributed by atoms with van der Waals surface area (Å²) >= 11 is 0. The van der Waals surface area contributed by atoms with Crippen molar-refractivity contribution in [2.75, 3.05) is 13.1 Å². The summed E-state index contributed by atoms with van der Waals surface area (Å²) in [7, 11) is 0. The van der Waals surface area contributed by atoms with Crippen molar-refractivity contribution in [2.24, 2.45) is 0 Å². The Morgan fingerprint density at radius 2 is 1.83 bits per heavy atom. The lowest BCUT2D eigenvalue weighted by molar-refractivity contribution is -0.913. The van der Waals surface area contributed by atoms with Gasteiger partial charge in [0.25, 0.3) is 0 Å². The Labute approximate surface area is 112 Å². The van der Waals surface area contributed by atoms with Crippen LogP contribution in [0.15, 0.2) is 36.9 Å². The highest BCUT2D eigenvalue weighted by molar-refractivity contribution is 5.36. The number of rotatable bonds is 5. The van der Waals surface area contributed by atoms with Gasteiger partial charge in [-0.25, -0.2) is 0 Å². The predicted molar refractivity (Wildman–Crippen MR) is 78.7 cm³/mol. The number of benzene rings is 1. The lowest BCUT2D eigenvalue weighted by Crippen LogP contribution is -3.15. The maximum Gasteiger partial charge on any atom is 0.153 e. The van der Waals surface area contributed by atoms with Gasteiger partial charge < -0.3 is 4.90 Å². The minimum atomic E-state index is 0.360. The van der Waals surface area contributed by atoms with Crippen LogP contribution in [0.1, 0.15) is 31.4 Å². The molecule has 1 aromatic rings. The average Bonchev–Trinajstić information content (AvgIpc) is 2.39. The monoisotopic (exact) mass is 242 g/mol. The van der Waals surface area contributed by atoms with Crippen LogP contribution in [0.4, 0.5) is 0 Å². The highest BCUT2D eigenvalue weighted by atomic mass is 15.1. The van der Waals surface area contributed by atoms with Crippen molar-refractivity contribution >= 4 is 0 Å². The normalized spacial score (nSPS) is 11.8. The number of nitrogens with one attached hydrogen (secondary N) is 1. The Balaban J connectivity index is 2.83. The van der Waals surface area contributed by atoms with Crippen molar-refractivity contribution in [1.29, 1.82) is 0 Å². The average molecular weight is 242 g/mol. The van der Waals surface area contributed by atoms with Gasteiger partial charge in [0.2, 0.25) is 0 Å². The second kappa shape index (κ2) is 7.74. The molecular formula is C17H24N+. The van der Waals surface area contributed by atoms with Crippen LogP contribution >= 0.6 is 0 Å². The van der Waals surface area contributed by atoms with E-state index in [1.54, 1.807) is 0 Å². The third-order valence-electron chi connectivity index (χ3n) is 3.25. The molecule has 0 heterocycles. The zero-order valence-electron chi connectivity index (χ0n) is 11.8. The summed E-state index contributed by atoms with van der Waals surface area (Å²) in [6, 6.07) is 8.75. The first kappa shape index (κ1) is 14.5. The maximum absolute atomic E-state index is 3.84. The largest absolute Gasteiger partial charge is 0.323 e.